The smallest absolute Gasteiger partial charge is 0.404 e. The fourth-order valence-corrected chi connectivity index (χ4v) is 1.76. The number of hydrazine groups is 1. The second-order valence-electron chi connectivity index (χ2n) is 3.90. The number of nitrogens with one attached hydrogen (secondary N) is 3. The number of carbonyl (C=O) groups excluding carboxylic acids is 2. The van der Waals surface area contributed by atoms with E-state index in [2.05, 4.69) is 26.8 Å². The van der Waals surface area contributed by atoms with Crippen LogP contribution in [0.15, 0.2) is 22.7 Å². The molecule has 0 saturated carbocycles. The Kier molecular flexibility index (Phi) is 5.98. The standard InChI is InChI=1S/C12H14BrN3O4/c1-7-8(3-2-4-9(7)13)11(18)16-15-10(17)5-6-14-12(19)20/h2-4,14H,5-6H2,1H3,(H,15,17)(H,16,18)(H,19,20). The molecule has 0 bridgehead atoms. The SMILES string of the molecule is Cc1c(Br)cccc1C(=O)NNC(=O)CCNC(=O)O. The third kappa shape index (κ3) is 4.88. The van der Waals surface area contributed by atoms with E-state index in [-0.39, 0.29) is 13.0 Å². The average molecular weight is 344 g/mol. The molecular formula is C12H14BrN3O4. The van der Waals surface area contributed by atoms with E-state index in [9.17, 15) is 14.4 Å². The van der Waals surface area contributed by atoms with Gasteiger partial charge in [-0.05, 0) is 24.6 Å². The maximum Gasteiger partial charge on any atom is 0.404 e. The lowest BCUT2D eigenvalue weighted by Crippen LogP contribution is -2.43. The number of benzene rings is 1. The lowest BCUT2D eigenvalue weighted by molar-refractivity contribution is -0.121. The van der Waals surface area contributed by atoms with Crippen molar-refractivity contribution in [3.8, 4) is 0 Å². The van der Waals surface area contributed by atoms with E-state index in [4.69, 9.17) is 5.11 Å². The van der Waals surface area contributed by atoms with Crippen LogP contribution in [0.5, 0.6) is 0 Å². The van der Waals surface area contributed by atoms with E-state index in [1.807, 2.05) is 11.4 Å². The molecule has 1 rings (SSSR count). The Morgan fingerprint density at radius 2 is 1.95 bits per heavy atom. The zero-order valence-corrected chi connectivity index (χ0v) is 12.3. The van der Waals surface area contributed by atoms with E-state index in [0.717, 1.165) is 10.0 Å². The predicted octanol–water partition coefficient (Wildman–Crippen LogP) is 1.18. The normalized spacial score (nSPS) is 9.70. The molecule has 4 N–H and O–H groups in total. The molecular weight excluding hydrogens is 330 g/mol. The molecule has 0 saturated heterocycles. The van der Waals surface area contributed by atoms with Crippen LogP contribution in [0.25, 0.3) is 0 Å². The molecule has 0 aliphatic rings. The molecule has 0 fully saturated rings. The summed E-state index contributed by atoms with van der Waals surface area (Å²) in [7, 11) is 0. The van der Waals surface area contributed by atoms with Crippen LogP contribution in [0.4, 0.5) is 4.79 Å². The molecule has 0 aromatic heterocycles. The van der Waals surface area contributed by atoms with Crippen molar-refractivity contribution in [3.63, 3.8) is 0 Å². The maximum absolute atomic E-state index is 11.8. The molecule has 1 aromatic rings. The fraction of sp³-hybridized carbons (Fsp3) is 0.250. The maximum atomic E-state index is 11.8. The average Bonchev–Trinajstić information content (AvgIpc) is 2.38. The van der Waals surface area contributed by atoms with E-state index < -0.39 is 17.9 Å². The molecule has 0 atom stereocenters. The van der Waals surface area contributed by atoms with Crippen LogP contribution in [0.2, 0.25) is 0 Å². The molecule has 0 unspecified atom stereocenters. The van der Waals surface area contributed by atoms with Gasteiger partial charge in [-0.1, -0.05) is 22.0 Å². The van der Waals surface area contributed by atoms with Gasteiger partial charge >= 0.3 is 6.09 Å². The Morgan fingerprint density at radius 1 is 1.25 bits per heavy atom. The first-order valence-corrected chi connectivity index (χ1v) is 6.52. The van der Waals surface area contributed by atoms with Gasteiger partial charge in [0.1, 0.15) is 0 Å². The number of carboxylic acid groups (broad SMARTS) is 1. The van der Waals surface area contributed by atoms with Crippen LogP contribution in [0.1, 0.15) is 22.3 Å². The summed E-state index contributed by atoms with van der Waals surface area (Å²) in [6, 6.07) is 5.15. The first-order chi connectivity index (χ1) is 9.41. The second kappa shape index (κ2) is 7.49. The van der Waals surface area contributed by atoms with Crippen molar-refractivity contribution in [1.82, 2.24) is 16.2 Å². The Bertz CT molecular complexity index is 533. The van der Waals surface area contributed by atoms with Gasteiger partial charge in [-0.3, -0.25) is 20.4 Å². The molecule has 20 heavy (non-hydrogen) atoms. The number of amides is 3. The van der Waals surface area contributed by atoms with Crippen molar-refractivity contribution in [1.29, 1.82) is 0 Å². The van der Waals surface area contributed by atoms with Gasteiger partial charge in [-0.15, -0.1) is 0 Å². The Hall–Kier alpha value is -2.09. The minimum Gasteiger partial charge on any atom is -0.465 e. The molecule has 0 spiro atoms. The first-order valence-electron chi connectivity index (χ1n) is 5.73. The molecule has 8 heteroatoms. The number of hydrogen-bond donors (Lipinski definition) is 4. The third-order valence-corrected chi connectivity index (χ3v) is 3.32. The number of halogens is 1. The van der Waals surface area contributed by atoms with Crippen molar-refractivity contribution >= 4 is 33.8 Å². The molecule has 7 nitrogen and oxygen atoms in total. The van der Waals surface area contributed by atoms with Crippen molar-refractivity contribution in [2.45, 2.75) is 13.3 Å². The topological polar surface area (TPSA) is 108 Å². The lowest BCUT2D eigenvalue weighted by atomic mass is 10.1. The fourth-order valence-electron chi connectivity index (χ4n) is 1.39. The number of carbonyl (C=O) groups is 3. The highest BCUT2D eigenvalue weighted by molar-refractivity contribution is 9.10. The van der Waals surface area contributed by atoms with E-state index in [1.54, 1.807) is 19.1 Å². The summed E-state index contributed by atoms with van der Waals surface area (Å²) in [6.45, 7) is 1.75. The van der Waals surface area contributed by atoms with E-state index in [0.29, 0.717) is 5.56 Å². The predicted molar refractivity (Wildman–Crippen MR) is 75.1 cm³/mol. The Morgan fingerprint density at radius 3 is 2.60 bits per heavy atom. The summed E-state index contributed by atoms with van der Waals surface area (Å²) >= 11 is 3.31. The highest BCUT2D eigenvalue weighted by Crippen LogP contribution is 2.18. The summed E-state index contributed by atoms with van der Waals surface area (Å²) in [5.74, 6) is -0.928. The number of rotatable bonds is 4. The molecule has 0 aliphatic heterocycles. The van der Waals surface area contributed by atoms with Crippen LogP contribution in [-0.2, 0) is 4.79 Å². The van der Waals surface area contributed by atoms with Gasteiger partial charge in [0.05, 0.1) is 0 Å². The van der Waals surface area contributed by atoms with E-state index in [1.165, 1.54) is 0 Å². The summed E-state index contributed by atoms with van der Waals surface area (Å²) < 4.78 is 0.794. The Balaban J connectivity index is 2.45. The molecule has 1 aromatic carbocycles. The quantitative estimate of drug-likeness (QED) is 0.615. The molecule has 3 amide bonds. The summed E-state index contributed by atoms with van der Waals surface area (Å²) in [6.07, 6.45) is -1.27. The summed E-state index contributed by atoms with van der Waals surface area (Å²) in [5.41, 5.74) is 5.67. The van der Waals surface area contributed by atoms with E-state index >= 15 is 0 Å². The van der Waals surface area contributed by atoms with Crippen molar-refractivity contribution in [2.75, 3.05) is 6.54 Å². The molecule has 0 radical (unpaired) electrons. The largest absolute Gasteiger partial charge is 0.465 e. The monoisotopic (exact) mass is 343 g/mol. The minimum absolute atomic E-state index is 0.0209. The van der Waals surface area contributed by atoms with Crippen LogP contribution in [0, 0.1) is 6.92 Å². The zero-order chi connectivity index (χ0) is 15.1. The number of hydrogen-bond acceptors (Lipinski definition) is 3. The van der Waals surface area contributed by atoms with Crippen LogP contribution in [0.3, 0.4) is 0 Å². The van der Waals surface area contributed by atoms with Gasteiger partial charge in [0.15, 0.2) is 0 Å². The van der Waals surface area contributed by atoms with Gasteiger partial charge in [-0.2, -0.15) is 0 Å². The van der Waals surface area contributed by atoms with Crippen molar-refractivity contribution in [2.24, 2.45) is 0 Å². The molecule has 0 aliphatic carbocycles. The second-order valence-corrected chi connectivity index (χ2v) is 4.75. The Labute approximate surface area is 123 Å². The van der Waals surface area contributed by atoms with Gasteiger partial charge < -0.3 is 10.4 Å². The third-order valence-electron chi connectivity index (χ3n) is 2.46. The van der Waals surface area contributed by atoms with Crippen LogP contribution in [-0.4, -0.2) is 29.6 Å². The molecule has 0 heterocycles. The van der Waals surface area contributed by atoms with Gasteiger partial charge in [-0.25, -0.2) is 4.79 Å². The minimum atomic E-state index is -1.20. The van der Waals surface area contributed by atoms with Gasteiger partial charge in [0.2, 0.25) is 5.91 Å². The van der Waals surface area contributed by atoms with Crippen molar-refractivity contribution < 1.29 is 19.5 Å². The first kappa shape index (κ1) is 16.0. The summed E-state index contributed by atoms with van der Waals surface area (Å²) in [5, 5.41) is 10.4. The lowest BCUT2D eigenvalue weighted by Gasteiger charge is -2.10. The highest BCUT2D eigenvalue weighted by Gasteiger charge is 2.11. The van der Waals surface area contributed by atoms with Gasteiger partial charge in [0, 0.05) is 23.0 Å². The van der Waals surface area contributed by atoms with Crippen LogP contribution < -0.4 is 16.2 Å². The molecule has 108 valence electrons. The zero-order valence-electron chi connectivity index (χ0n) is 10.7. The van der Waals surface area contributed by atoms with Gasteiger partial charge in [0.25, 0.3) is 5.91 Å². The van der Waals surface area contributed by atoms with Crippen LogP contribution >= 0.6 is 15.9 Å². The van der Waals surface area contributed by atoms with Crippen molar-refractivity contribution in [3.05, 3.63) is 33.8 Å². The highest BCUT2D eigenvalue weighted by atomic mass is 79.9. The summed E-state index contributed by atoms with van der Waals surface area (Å²) in [4.78, 5) is 33.4.